The first-order valence-electron chi connectivity index (χ1n) is 4.45. The Bertz CT molecular complexity index is 267. The van der Waals surface area contributed by atoms with Gasteiger partial charge in [-0.1, -0.05) is 19.6 Å². The molecule has 0 unspecified atom stereocenters. The van der Waals surface area contributed by atoms with E-state index in [1.165, 1.54) is 0 Å². The van der Waals surface area contributed by atoms with Crippen LogP contribution in [0.5, 0.6) is 0 Å². The van der Waals surface area contributed by atoms with Crippen molar-refractivity contribution in [3.05, 3.63) is 0 Å². The summed E-state index contributed by atoms with van der Waals surface area (Å²) >= 11 is 0. The van der Waals surface area contributed by atoms with Crippen molar-refractivity contribution in [2.24, 2.45) is 0 Å². The van der Waals surface area contributed by atoms with E-state index < -0.39 is 8.07 Å². The summed E-state index contributed by atoms with van der Waals surface area (Å²) in [6, 6.07) is 0. The minimum atomic E-state index is -1.39. The summed E-state index contributed by atoms with van der Waals surface area (Å²) < 4.78 is 0. The Morgan fingerprint density at radius 3 is 2.46 bits per heavy atom. The van der Waals surface area contributed by atoms with E-state index in [4.69, 9.17) is 6.42 Å². The van der Waals surface area contributed by atoms with Gasteiger partial charge in [0.2, 0.25) is 5.78 Å². The van der Waals surface area contributed by atoms with Gasteiger partial charge >= 0.3 is 0 Å². The molecule has 0 radical (unpaired) electrons. The minimum Gasteiger partial charge on any atom is -0.285 e. The van der Waals surface area contributed by atoms with E-state index in [2.05, 4.69) is 37.0 Å². The molecule has 0 fully saturated rings. The summed E-state index contributed by atoms with van der Waals surface area (Å²) in [7, 11) is -1.39. The van der Waals surface area contributed by atoms with Gasteiger partial charge < -0.3 is 0 Å². The van der Waals surface area contributed by atoms with E-state index >= 15 is 0 Å². The predicted molar refractivity (Wildman–Crippen MR) is 58.8 cm³/mol. The van der Waals surface area contributed by atoms with Gasteiger partial charge in [0, 0.05) is 12.8 Å². The first-order chi connectivity index (χ1) is 5.95. The smallest absolute Gasteiger partial charge is 0.204 e. The molecule has 0 aliphatic rings. The van der Waals surface area contributed by atoms with Gasteiger partial charge in [0.05, 0.1) is 0 Å². The Morgan fingerprint density at radius 2 is 2.00 bits per heavy atom. The van der Waals surface area contributed by atoms with E-state index in [9.17, 15) is 4.79 Å². The Kier molecular flexibility index (Phi) is 5.19. The molecule has 2 heteroatoms. The second-order valence-electron chi connectivity index (χ2n) is 3.98. The highest BCUT2D eigenvalue weighted by Crippen LogP contribution is 1.98. The number of carbonyl (C=O) groups excluding carboxylic acids is 1. The first kappa shape index (κ1) is 12.0. The molecule has 0 aliphatic carbocycles. The first-order valence-corrected chi connectivity index (χ1v) is 7.95. The molecule has 0 heterocycles. The van der Waals surface area contributed by atoms with Crippen LogP contribution < -0.4 is 0 Å². The number of hydrogen-bond donors (Lipinski definition) is 0. The van der Waals surface area contributed by atoms with Gasteiger partial charge in [-0.05, 0) is 12.3 Å². The van der Waals surface area contributed by atoms with Gasteiger partial charge in [0.25, 0.3) is 0 Å². The van der Waals surface area contributed by atoms with Crippen LogP contribution >= 0.6 is 0 Å². The van der Waals surface area contributed by atoms with Crippen LogP contribution in [0.3, 0.4) is 0 Å². The third-order valence-corrected chi connectivity index (χ3v) is 2.18. The lowest BCUT2D eigenvalue weighted by Crippen LogP contribution is -2.17. The van der Waals surface area contributed by atoms with E-state index in [-0.39, 0.29) is 5.78 Å². The molecule has 0 aromatic rings. The molecule has 13 heavy (non-hydrogen) atoms. The Balaban J connectivity index is 3.87. The Labute approximate surface area is 81.9 Å². The zero-order chi connectivity index (χ0) is 10.3. The molecule has 0 bridgehead atoms. The van der Waals surface area contributed by atoms with Gasteiger partial charge in [0.1, 0.15) is 8.07 Å². The molecule has 0 aromatic carbocycles. The molecule has 0 atom stereocenters. The van der Waals surface area contributed by atoms with Gasteiger partial charge in [-0.25, -0.2) is 0 Å². The van der Waals surface area contributed by atoms with E-state index in [0.29, 0.717) is 12.8 Å². The molecular weight excluding hydrogens is 176 g/mol. The summed E-state index contributed by atoms with van der Waals surface area (Å²) in [4.78, 5) is 11.1. The van der Waals surface area contributed by atoms with E-state index in [0.717, 1.165) is 6.42 Å². The summed E-state index contributed by atoms with van der Waals surface area (Å²) in [5.74, 6) is 5.21. The topological polar surface area (TPSA) is 17.1 Å². The van der Waals surface area contributed by atoms with Gasteiger partial charge in [0.15, 0.2) is 0 Å². The average molecular weight is 192 g/mol. The lowest BCUT2D eigenvalue weighted by molar-refractivity contribution is -0.113. The van der Waals surface area contributed by atoms with Crippen LogP contribution in [0.1, 0.15) is 19.3 Å². The quantitative estimate of drug-likeness (QED) is 0.381. The van der Waals surface area contributed by atoms with Crippen molar-refractivity contribution in [3.8, 4) is 23.8 Å². The number of unbranched alkanes of at least 4 members (excludes halogenated alkanes) is 1. The van der Waals surface area contributed by atoms with Crippen LogP contribution in [0.2, 0.25) is 19.6 Å². The van der Waals surface area contributed by atoms with Crippen LogP contribution in [0.25, 0.3) is 0 Å². The number of carbonyl (C=O) groups is 1. The normalized spacial score (nSPS) is 9.69. The highest BCUT2D eigenvalue weighted by Gasteiger charge is 2.08. The lowest BCUT2D eigenvalue weighted by Gasteiger charge is -2.02. The summed E-state index contributed by atoms with van der Waals surface area (Å²) in [6.07, 6.45) is 7.00. The third kappa shape index (κ3) is 8.92. The van der Waals surface area contributed by atoms with E-state index in [1.54, 1.807) is 0 Å². The molecule has 0 spiro atoms. The van der Waals surface area contributed by atoms with Crippen molar-refractivity contribution in [3.63, 3.8) is 0 Å². The molecule has 0 saturated heterocycles. The maximum atomic E-state index is 11.1. The van der Waals surface area contributed by atoms with Crippen LogP contribution in [-0.4, -0.2) is 13.9 Å². The highest BCUT2D eigenvalue weighted by molar-refractivity contribution is 6.84. The van der Waals surface area contributed by atoms with Crippen molar-refractivity contribution in [1.29, 1.82) is 0 Å². The second kappa shape index (κ2) is 5.62. The largest absolute Gasteiger partial charge is 0.285 e. The van der Waals surface area contributed by atoms with Crippen LogP contribution in [0, 0.1) is 23.8 Å². The maximum absolute atomic E-state index is 11.1. The second-order valence-corrected chi connectivity index (χ2v) is 8.73. The molecule has 0 aliphatic heterocycles. The standard InChI is InChI=1S/C11H16OSi/c1-5-6-7-8-11(12)9-10-13(2,3)4/h1H,6-8H2,2-4H3. The van der Waals surface area contributed by atoms with Crippen LogP contribution in [-0.2, 0) is 4.79 Å². The van der Waals surface area contributed by atoms with Crippen molar-refractivity contribution < 1.29 is 4.79 Å². The van der Waals surface area contributed by atoms with Crippen LogP contribution in [0.15, 0.2) is 0 Å². The third-order valence-electron chi connectivity index (χ3n) is 1.30. The average Bonchev–Trinajstić information content (AvgIpc) is 2.00. The van der Waals surface area contributed by atoms with Crippen molar-refractivity contribution >= 4 is 13.9 Å². The Morgan fingerprint density at radius 1 is 1.38 bits per heavy atom. The summed E-state index contributed by atoms with van der Waals surface area (Å²) in [5.41, 5.74) is 3.04. The molecular formula is C11H16OSi. The molecule has 0 rings (SSSR count). The molecule has 1 nitrogen and oxygen atoms in total. The minimum absolute atomic E-state index is 0.0256. The molecule has 70 valence electrons. The number of Topliss-reactive ketones (excluding diaryl/α,β-unsaturated/α-hetero) is 1. The van der Waals surface area contributed by atoms with Crippen LogP contribution in [0.4, 0.5) is 0 Å². The maximum Gasteiger partial charge on any atom is 0.204 e. The Hall–Kier alpha value is -0.993. The molecule has 0 aromatic heterocycles. The highest BCUT2D eigenvalue weighted by atomic mass is 28.3. The van der Waals surface area contributed by atoms with Crippen molar-refractivity contribution in [1.82, 2.24) is 0 Å². The predicted octanol–water partition coefficient (Wildman–Crippen LogP) is 2.24. The van der Waals surface area contributed by atoms with Gasteiger partial charge in [-0.3, -0.25) is 4.79 Å². The number of hydrogen-bond acceptors (Lipinski definition) is 1. The fraction of sp³-hybridized carbons (Fsp3) is 0.545. The fourth-order valence-corrected chi connectivity index (χ4v) is 1.19. The van der Waals surface area contributed by atoms with E-state index in [1.807, 2.05) is 0 Å². The SMILES string of the molecule is C#CCCCC(=O)C#C[Si](C)(C)C. The molecule has 0 saturated carbocycles. The zero-order valence-electron chi connectivity index (χ0n) is 8.61. The lowest BCUT2D eigenvalue weighted by atomic mass is 10.2. The molecule has 0 N–H and O–H groups in total. The van der Waals surface area contributed by atoms with Gasteiger partial charge in [-0.15, -0.1) is 17.9 Å². The van der Waals surface area contributed by atoms with Crippen molar-refractivity contribution in [2.45, 2.75) is 38.9 Å². The number of ketones is 1. The zero-order valence-corrected chi connectivity index (χ0v) is 9.61. The van der Waals surface area contributed by atoms with Gasteiger partial charge in [-0.2, -0.15) is 0 Å². The number of rotatable bonds is 3. The number of terminal acetylenes is 1. The molecule has 0 amide bonds. The monoisotopic (exact) mass is 192 g/mol. The summed E-state index contributed by atoms with van der Waals surface area (Å²) in [5, 5.41) is 0. The fourth-order valence-electron chi connectivity index (χ4n) is 0.671. The van der Waals surface area contributed by atoms with Crippen molar-refractivity contribution in [2.75, 3.05) is 0 Å². The summed E-state index contributed by atoms with van der Waals surface area (Å²) in [6.45, 7) is 6.36.